The van der Waals surface area contributed by atoms with Crippen LogP contribution in [-0.4, -0.2) is 22.1 Å². The lowest BCUT2D eigenvalue weighted by molar-refractivity contribution is 0.379. The van der Waals surface area contributed by atoms with Gasteiger partial charge in [-0.2, -0.15) is 15.0 Å². The van der Waals surface area contributed by atoms with Crippen LogP contribution in [0.1, 0.15) is 16.7 Å². The molecule has 20 heavy (non-hydrogen) atoms. The van der Waals surface area contributed by atoms with Gasteiger partial charge in [0.05, 0.1) is 7.11 Å². The molecule has 0 saturated carbocycles. The minimum Gasteiger partial charge on any atom is -0.467 e. The topological polar surface area (TPSA) is 72.0 Å². The summed E-state index contributed by atoms with van der Waals surface area (Å²) in [5.74, 6) is 0.403. The summed E-state index contributed by atoms with van der Waals surface area (Å²) < 4.78 is 4.95. The van der Waals surface area contributed by atoms with Gasteiger partial charge in [0, 0.05) is 19.6 Å². The lowest BCUT2D eigenvalue weighted by atomic mass is 10.1. The Morgan fingerprint density at radius 1 is 1.25 bits per heavy atom. The minimum absolute atomic E-state index is 0.109. The maximum absolute atomic E-state index is 5.80. The van der Waals surface area contributed by atoms with E-state index in [1.165, 1.54) is 23.8 Å². The van der Waals surface area contributed by atoms with Gasteiger partial charge < -0.3 is 15.4 Å². The molecule has 1 aromatic carbocycles. The van der Waals surface area contributed by atoms with Gasteiger partial charge in [-0.25, -0.2) is 0 Å². The summed E-state index contributed by atoms with van der Waals surface area (Å²) in [6.07, 6.45) is 0. The van der Waals surface area contributed by atoms with Crippen molar-refractivity contribution in [3.05, 3.63) is 40.2 Å². The molecule has 0 saturated heterocycles. The molecule has 0 fully saturated rings. The van der Waals surface area contributed by atoms with E-state index in [9.17, 15) is 0 Å². The average Bonchev–Trinajstić information content (AvgIpc) is 2.92. The van der Waals surface area contributed by atoms with Gasteiger partial charge in [0.2, 0.25) is 11.2 Å². The first kappa shape index (κ1) is 13.1. The first-order valence-corrected chi connectivity index (χ1v) is 6.63. The number of methoxy groups -OCH3 is 1. The number of anilines is 1. The third-order valence-electron chi connectivity index (χ3n) is 3.12. The van der Waals surface area contributed by atoms with Gasteiger partial charge in [0.1, 0.15) is 0 Å². The number of aromatic nitrogens is 3. The Labute approximate surface area is 121 Å². The number of halogens is 1. The molecule has 2 heterocycles. The molecule has 6 nitrogen and oxygen atoms in total. The highest BCUT2D eigenvalue weighted by molar-refractivity contribution is 6.28. The molecule has 0 spiro atoms. The van der Waals surface area contributed by atoms with Crippen LogP contribution in [0.2, 0.25) is 5.28 Å². The third-order valence-corrected chi connectivity index (χ3v) is 3.29. The summed E-state index contributed by atoms with van der Waals surface area (Å²) in [6, 6.07) is 6.62. The Morgan fingerprint density at radius 3 is 2.95 bits per heavy atom. The van der Waals surface area contributed by atoms with Crippen LogP contribution in [-0.2, 0) is 19.6 Å². The molecule has 3 rings (SSSR count). The molecule has 0 amide bonds. The van der Waals surface area contributed by atoms with Crippen molar-refractivity contribution in [1.82, 2.24) is 20.3 Å². The van der Waals surface area contributed by atoms with E-state index in [0.717, 1.165) is 13.1 Å². The fourth-order valence-electron chi connectivity index (χ4n) is 2.14. The number of hydrogen-bond donors (Lipinski definition) is 2. The summed E-state index contributed by atoms with van der Waals surface area (Å²) in [6.45, 7) is 2.49. The maximum Gasteiger partial charge on any atom is 0.322 e. The number of nitrogens with zero attached hydrogens (tertiary/aromatic N) is 3. The number of benzene rings is 1. The second-order valence-electron chi connectivity index (χ2n) is 4.47. The lowest BCUT2D eigenvalue weighted by Crippen LogP contribution is -2.06. The highest BCUT2D eigenvalue weighted by atomic mass is 35.5. The highest BCUT2D eigenvalue weighted by Gasteiger charge is 2.10. The van der Waals surface area contributed by atoms with E-state index in [0.29, 0.717) is 12.5 Å². The summed E-state index contributed by atoms with van der Waals surface area (Å²) in [4.78, 5) is 11.9. The van der Waals surface area contributed by atoms with Crippen LogP contribution in [0.3, 0.4) is 0 Å². The monoisotopic (exact) mass is 291 g/mol. The summed E-state index contributed by atoms with van der Waals surface area (Å²) in [5, 5.41) is 6.55. The first-order valence-electron chi connectivity index (χ1n) is 6.25. The molecule has 0 unspecified atom stereocenters. The van der Waals surface area contributed by atoms with Crippen LogP contribution < -0.4 is 15.4 Å². The van der Waals surface area contributed by atoms with Crippen LogP contribution in [0, 0.1) is 0 Å². The molecule has 0 radical (unpaired) electrons. The van der Waals surface area contributed by atoms with Crippen molar-refractivity contribution in [2.45, 2.75) is 19.6 Å². The van der Waals surface area contributed by atoms with Gasteiger partial charge >= 0.3 is 6.01 Å². The van der Waals surface area contributed by atoms with Crippen molar-refractivity contribution < 1.29 is 4.74 Å². The number of fused-ring (bicyclic) bond motifs is 1. The second-order valence-corrected chi connectivity index (χ2v) is 4.81. The molecule has 0 aliphatic carbocycles. The molecule has 1 aromatic heterocycles. The van der Waals surface area contributed by atoms with Crippen molar-refractivity contribution in [2.24, 2.45) is 0 Å². The van der Waals surface area contributed by atoms with Gasteiger partial charge in [-0.15, -0.1) is 0 Å². The summed E-state index contributed by atoms with van der Waals surface area (Å²) >= 11 is 5.80. The van der Waals surface area contributed by atoms with Crippen LogP contribution in [0.25, 0.3) is 0 Å². The van der Waals surface area contributed by atoms with Crippen molar-refractivity contribution in [2.75, 3.05) is 12.4 Å². The highest BCUT2D eigenvalue weighted by Crippen LogP contribution is 2.18. The van der Waals surface area contributed by atoms with Crippen molar-refractivity contribution in [1.29, 1.82) is 0 Å². The zero-order valence-corrected chi connectivity index (χ0v) is 11.7. The largest absolute Gasteiger partial charge is 0.467 e. The first-order chi connectivity index (χ1) is 9.74. The lowest BCUT2D eigenvalue weighted by Gasteiger charge is -2.07. The molecule has 104 valence electrons. The van der Waals surface area contributed by atoms with Crippen molar-refractivity contribution in [3.8, 4) is 6.01 Å². The van der Waals surface area contributed by atoms with Gasteiger partial charge in [-0.1, -0.05) is 18.2 Å². The molecule has 1 aliphatic rings. The third kappa shape index (κ3) is 2.81. The number of rotatable bonds is 4. The van der Waals surface area contributed by atoms with Crippen LogP contribution >= 0.6 is 11.6 Å². The molecule has 0 atom stereocenters. The molecular formula is C13H14ClN5O. The number of nitrogens with one attached hydrogen (secondary N) is 2. The van der Waals surface area contributed by atoms with E-state index >= 15 is 0 Å². The predicted octanol–water partition coefficient (Wildman–Crippen LogP) is 1.75. The van der Waals surface area contributed by atoms with E-state index in [1.807, 2.05) is 0 Å². The fraction of sp³-hybridized carbons (Fsp3) is 0.308. The molecule has 0 bridgehead atoms. The summed E-state index contributed by atoms with van der Waals surface area (Å²) in [5.41, 5.74) is 3.87. The molecule has 2 aromatic rings. The Morgan fingerprint density at radius 2 is 2.10 bits per heavy atom. The molecular weight excluding hydrogens is 278 g/mol. The number of ether oxygens (including phenoxy) is 1. The Balaban J connectivity index is 1.71. The zero-order valence-electron chi connectivity index (χ0n) is 11.0. The smallest absolute Gasteiger partial charge is 0.322 e. The van der Waals surface area contributed by atoms with Gasteiger partial charge in [0.15, 0.2) is 0 Å². The van der Waals surface area contributed by atoms with Crippen molar-refractivity contribution in [3.63, 3.8) is 0 Å². The average molecular weight is 292 g/mol. The van der Waals surface area contributed by atoms with E-state index in [4.69, 9.17) is 16.3 Å². The predicted molar refractivity (Wildman–Crippen MR) is 75.7 cm³/mol. The fourth-order valence-corrected chi connectivity index (χ4v) is 2.29. The standard InChI is InChI=1S/C13H14ClN5O/c1-20-13-18-11(14)17-12(19-13)16-5-8-2-3-9-6-15-7-10(9)4-8/h2-4,15H,5-7H2,1H3,(H,16,17,18,19). The van der Waals surface area contributed by atoms with Gasteiger partial charge in [0.25, 0.3) is 0 Å². The van der Waals surface area contributed by atoms with Crippen LogP contribution in [0.15, 0.2) is 18.2 Å². The Hall–Kier alpha value is -1.92. The SMILES string of the molecule is COc1nc(Cl)nc(NCc2ccc3c(c2)CNC3)n1. The van der Waals surface area contributed by atoms with Gasteiger partial charge in [-0.3, -0.25) is 0 Å². The van der Waals surface area contributed by atoms with Crippen molar-refractivity contribution >= 4 is 17.5 Å². The van der Waals surface area contributed by atoms with E-state index < -0.39 is 0 Å². The van der Waals surface area contributed by atoms with E-state index in [1.54, 1.807) is 0 Å². The summed E-state index contributed by atoms with van der Waals surface area (Å²) in [7, 11) is 1.49. The number of hydrogen-bond acceptors (Lipinski definition) is 6. The molecule has 1 aliphatic heterocycles. The molecule has 2 N–H and O–H groups in total. The van der Waals surface area contributed by atoms with Crippen LogP contribution in [0.4, 0.5) is 5.95 Å². The van der Waals surface area contributed by atoms with Crippen LogP contribution in [0.5, 0.6) is 6.01 Å². The Kier molecular flexibility index (Phi) is 3.66. The van der Waals surface area contributed by atoms with E-state index in [2.05, 4.69) is 43.8 Å². The zero-order chi connectivity index (χ0) is 13.9. The van der Waals surface area contributed by atoms with E-state index in [-0.39, 0.29) is 11.3 Å². The molecule has 7 heteroatoms. The second kappa shape index (κ2) is 5.60. The van der Waals surface area contributed by atoms with Gasteiger partial charge in [-0.05, 0) is 28.3 Å². The normalized spacial score (nSPS) is 13.1. The Bertz CT molecular complexity index is 634. The quantitative estimate of drug-likeness (QED) is 0.894. The maximum atomic E-state index is 5.80. The minimum atomic E-state index is 0.109.